The Morgan fingerprint density at radius 2 is 1.60 bits per heavy atom. The smallest absolute Gasteiger partial charge is 0.343 e. The Morgan fingerprint density at radius 1 is 0.881 bits per heavy atom. The van der Waals surface area contributed by atoms with Crippen LogP contribution in [0.15, 0.2) is 66.7 Å². The van der Waals surface area contributed by atoms with Crippen molar-refractivity contribution in [3.63, 3.8) is 0 Å². The van der Waals surface area contributed by atoms with Gasteiger partial charge in [0.1, 0.15) is 23.3 Å². The van der Waals surface area contributed by atoms with Gasteiger partial charge < -0.3 is 14.2 Å². The Balaban J connectivity index is 1.46. The highest BCUT2D eigenvalue weighted by molar-refractivity contribution is 5.91. The van der Waals surface area contributed by atoms with E-state index in [0.717, 1.165) is 60.7 Å². The van der Waals surface area contributed by atoms with E-state index in [1.165, 1.54) is 6.42 Å². The minimum Gasteiger partial charge on any atom is -0.463 e. The maximum absolute atomic E-state index is 13.3. The van der Waals surface area contributed by atoms with Crippen molar-refractivity contribution in [2.75, 3.05) is 19.8 Å². The van der Waals surface area contributed by atoms with Crippen LogP contribution in [0.4, 0.5) is 0 Å². The molecule has 8 heteroatoms. The number of nitrogens with zero attached hydrogens (tertiary/aromatic N) is 3. The SMILES string of the molecule is CCCCOCCOC(=O)CCc1cc(C2CCCCC2)c(OC(=O)c2ccccc2)c(-n2nc3ccccc3n2)c1. The lowest BCUT2D eigenvalue weighted by atomic mass is 9.82. The first-order chi connectivity index (χ1) is 20.6. The van der Waals surface area contributed by atoms with E-state index in [0.29, 0.717) is 36.6 Å². The molecule has 3 aromatic carbocycles. The fraction of sp³-hybridized carbons (Fsp3) is 0.412. The molecule has 1 saturated carbocycles. The van der Waals surface area contributed by atoms with Crippen molar-refractivity contribution >= 4 is 23.0 Å². The normalized spacial score (nSPS) is 13.7. The molecule has 0 spiro atoms. The number of unbranched alkanes of at least 4 members (excludes halogenated alkanes) is 1. The van der Waals surface area contributed by atoms with Gasteiger partial charge in [0.05, 0.1) is 12.2 Å². The summed E-state index contributed by atoms with van der Waals surface area (Å²) in [7, 11) is 0. The third-order valence-electron chi connectivity index (χ3n) is 7.66. The van der Waals surface area contributed by atoms with E-state index in [1.54, 1.807) is 16.9 Å². The standard InChI is InChI=1S/C34H39N3O5/c1-2-3-20-40-21-22-41-32(38)19-18-25-23-28(26-12-6-4-7-13-26)33(42-34(39)27-14-8-5-9-15-27)31(24-25)37-35-29-16-10-11-17-30(29)36-37/h5,8-11,14-17,23-24,26H,2-4,6-7,12-13,18-22H2,1H3. The first-order valence-corrected chi connectivity index (χ1v) is 15.1. The zero-order chi connectivity index (χ0) is 29.1. The summed E-state index contributed by atoms with van der Waals surface area (Å²) in [5.74, 6) is 0.0142. The average molecular weight is 570 g/mol. The number of rotatable bonds is 13. The molecule has 5 rings (SSSR count). The topological polar surface area (TPSA) is 92.5 Å². The Labute approximate surface area is 247 Å². The fourth-order valence-electron chi connectivity index (χ4n) is 5.39. The Kier molecular flexibility index (Phi) is 10.3. The van der Waals surface area contributed by atoms with Gasteiger partial charge in [-0.05, 0) is 67.5 Å². The maximum Gasteiger partial charge on any atom is 0.343 e. The zero-order valence-electron chi connectivity index (χ0n) is 24.3. The second-order valence-electron chi connectivity index (χ2n) is 10.8. The van der Waals surface area contributed by atoms with E-state index in [4.69, 9.17) is 24.4 Å². The predicted octanol–water partition coefficient (Wildman–Crippen LogP) is 6.98. The highest BCUT2D eigenvalue weighted by Gasteiger charge is 2.26. The van der Waals surface area contributed by atoms with E-state index in [2.05, 4.69) is 13.0 Å². The highest BCUT2D eigenvalue weighted by atomic mass is 16.6. The van der Waals surface area contributed by atoms with Gasteiger partial charge in [-0.3, -0.25) is 4.79 Å². The molecule has 1 aromatic heterocycles. The molecule has 8 nitrogen and oxygen atoms in total. The summed E-state index contributed by atoms with van der Waals surface area (Å²) in [6.07, 6.45) is 8.23. The van der Waals surface area contributed by atoms with Crippen LogP contribution in [0.3, 0.4) is 0 Å². The van der Waals surface area contributed by atoms with Crippen LogP contribution in [-0.4, -0.2) is 46.8 Å². The summed E-state index contributed by atoms with van der Waals surface area (Å²) in [5, 5.41) is 9.45. The van der Waals surface area contributed by atoms with E-state index in [1.807, 2.05) is 48.5 Å². The molecule has 0 saturated heterocycles. The number of aromatic nitrogens is 3. The quantitative estimate of drug-likeness (QED) is 0.0974. The molecule has 0 atom stereocenters. The van der Waals surface area contributed by atoms with Gasteiger partial charge in [0.2, 0.25) is 0 Å². The van der Waals surface area contributed by atoms with Crippen LogP contribution in [0, 0.1) is 0 Å². The molecule has 1 heterocycles. The Morgan fingerprint density at radius 3 is 2.31 bits per heavy atom. The molecule has 0 aliphatic heterocycles. The third-order valence-corrected chi connectivity index (χ3v) is 7.66. The lowest BCUT2D eigenvalue weighted by Crippen LogP contribution is -2.16. The van der Waals surface area contributed by atoms with Crippen LogP contribution in [0.25, 0.3) is 16.7 Å². The molecule has 0 bridgehead atoms. The lowest BCUT2D eigenvalue weighted by Gasteiger charge is -2.26. The molecule has 4 aromatic rings. The Hall–Kier alpha value is -4.04. The number of benzene rings is 3. The molecular formula is C34H39N3O5. The number of fused-ring (bicyclic) bond motifs is 1. The van der Waals surface area contributed by atoms with Gasteiger partial charge in [-0.1, -0.05) is 69.0 Å². The monoisotopic (exact) mass is 569 g/mol. The van der Waals surface area contributed by atoms with Crippen LogP contribution in [0.5, 0.6) is 5.75 Å². The van der Waals surface area contributed by atoms with Crippen LogP contribution in [0.1, 0.15) is 85.7 Å². The zero-order valence-corrected chi connectivity index (χ0v) is 24.3. The number of ether oxygens (including phenoxy) is 3. The van der Waals surface area contributed by atoms with Gasteiger partial charge >= 0.3 is 11.9 Å². The number of carbonyl (C=O) groups is 2. The second-order valence-corrected chi connectivity index (χ2v) is 10.8. The predicted molar refractivity (Wildman–Crippen MR) is 161 cm³/mol. The van der Waals surface area contributed by atoms with Crippen molar-refractivity contribution in [3.05, 3.63) is 83.4 Å². The molecule has 0 amide bonds. The molecule has 42 heavy (non-hydrogen) atoms. The van der Waals surface area contributed by atoms with Gasteiger partial charge in [0, 0.05) is 18.6 Å². The summed E-state index contributed by atoms with van der Waals surface area (Å²) < 4.78 is 17.1. The van der Waals surface area contributed by atoms with Gasteiger partial charge in [0.25, 0.3) is 0 Å². The number of hydrogen-bond acceptors (Lipinski definition) is 7. The summed E-state index contributed by atoms with van der Waals surface area (Å²) in [6.45, 7) is 3.44. The molecule has 1 aliphatic rings. The number of carbonyl (C=O) groups excluding carboxylic acids is 2. The molecule has 0 unspecified atom stereocenters. The van der Waals surface area contributed by atoms with Crippen LogP contribution < -0.4 is 4.74 Å². The van der Waals surface area contributed by atoms with E-state index in [-0.39, 0.29) is 24.9 Å². The van der Waals surface area contributed by atoms with E-state index >= 15 is 0 Å². The highest BCUT2D eigenvalue weighted by Crippen LogP contribution is 2.41. The third kappa shape index (κ3) is 7.62. The summed E-state index contributed by atoms with van der Waals surface area (Å²) in [5.41, 5.74) is 4.46. The van der Waals surface area contributed by atoms with Crippen LogP contribution >= 0.6 is 0 Å². The van der Waals surface area contributed by atoms with Crippen molar-refractivity contribution in [3.8, 4) is 11.4 Å². The second kappa shape index (κ2) is 14.7. The van der Waals surface area contributed by atoms with Gasteiger partial charge in [-0.15, -0.1) is 15.0 Å². The number of hydrogen-bond donors (Lipinski definition) is 0. The first-order valence-electron chi connectivity index (χ1n) is 15.1. The Bertz CT molecular complexity index is 1440. The van der Waals surface area contributed by atoms with Gasteiger partial charge in [-0.2, -0.15) is 0 Å². The van der Waals surface area contributed by atoms with Gasteiger partial charge in [-0.25, -0.2) is 4.79 Å². The lowest BCUT2D eigenvalue weighted by molar-refractivity contribution is -0.145. The largest absolute Gasteiger partial charge is 0.463 e. The minimum absolute atomic E-state index is 0.230. The van der Waals surface area contributed by atoms with E-state index in [9.17, 15) is 9.59 Å². The van der Waals surface area contributed by atoms with Crippen molar-refractivity contribution in [1.29, 1.82) is 0 Å². The molecule has 0 N–H and O–H groups in total. The average Bonchev–Trinajstić information content (AvgIpc) is 3.47. The van der Waals surface area contributed by atoms with Crippen molar-refractivity contribution in [2.45, 2.75) is 70.6 Å². The summed E-state index contributed by atoms with van der Waals surface area (Å²) >= 11 is 0. The summed E-state index contributed by atoms with van der Waals surface area (Å²) in [6, 6.07) is 20.7. The fourth-order valence-corrected chi connectivity index (χ4v) is 5.39. The van der Waals surface area contributed by atoms with E-state index < -0.39 is 5.97 Å². The number of aryl methyl sites for hydroxylation is 1. The molecule has 0 radical (unpaired) electrons. The van der Waals surface area contributed by atoms with Crippen molar-refractivity contribution in [2.24, 2.45) is 0 Å². The van der Waals surface area contributed by atoms with Crippen molar-refractivity contribution < 1.29 is 23.8 Å². The molecule has 220 valence electrons. The molecular weight excluding hydrogens is 530 g/mol. The first kappa shape index (κ1) is 29.5. The van der Waals surface area contributed by atoms with Crippen molar-refractivity contribution in [1.82, 2.24) is 15.0 Å². The van der Waals surface area contributed by atoms with Gasteiger partial charge in [0.15, 0.2) is 5.75 Å². The van der Waals surface area contributed by atoms with Crippen LogP contribution in [-0.2, 0) is 20.7 Å². The minimum atomic E-state index is -0.428. The molecule has 1 fully saturated rings. The summed E-state index contributed by atoms with van der Waals surface area (Å²) in [4.78, 5) is 27.5. The van der Waals surface area contributed by atoms with Crippen LogP contribution in [0.2, 0.25) is 0 Å². The molecule has 1 aliphatic carbocycles. The number of esters is 2. The maximum atomic E-state index is 13.3.